The molecule has 3 rings (SSSR count). The van der Waals surface area contributed by atoms with E-state index in [4.69, 9.17) is 14.5 Å². The maximum absolute atomic E-state index is 6.11. The van der Waals surface area contributed by atoms with E-state index in [0.29, 0.717) is 5.92 Å². The highest BCUT2D eigenvalue weighted by molar-refractivity contribution is 5.79. The number of hydrogen-bond donors (Lipinski definition) is 2. The van der Waals surface area contributed by atoms with Crippen molar-refractivity contribution in [1.82, 2.24) is 10.6 Å². The summed E-state index contributed by atoms with van der Waals surface area (Å²) < 4.78 is 11.6. The molecule has 5 nitrogen and oxygen atoms in total. The van der Waals surface area contributed by atoms with E-state index in [2.05, 4.69) is 54.0 Å². The smallest absolute Gasteiger partial charge is 0.191 e. The number of ether oxygens (including phenoxy) is 2. The highest BCUT2D eigenvalue weighted by Crippen LogP contribution is 2.33. The Hall–Kier alpha value is -2.53. The zero-order chi connectivity index (χ0) is 20.3. The van der Waals surface area contributed by atoms with Crippen LogP contribution in [0, 0.1) is 5.92 Å². The summed E-state index contributed by atoms with van der Waals surface area (Å²) >= 11 is 0. The topological polar surface area (TPSA) is 54.9 Å². The molecule has 2 aromatic rings. The van der Waals surface area contributed by atoms with E-state index in [0.717, 1.165) is 57.2 Å². The summed E-state index contributed by atoms with van der Waals surface area (Å²) in [5, 5.41) is 6.82. The summed E-state index contributed by atoms with van der Waals surface area (Å²) in [5.41, 5.74) is 2.45. The second-order valence-electron chi connectivity index (χ2n) is 7.31. The maximum atomic E-state index is 6.11. The van der Waals surface area contributed by atoms with Gasteiger partial charge < -0.3 is 20.1 Å². The predicted molar refractivity (Wildman–Crippen MR) is 119 cm³/mol. The fraction of sp³-hybridized carbons (Fsp3) is 0.458. The van der Waals surface area contributed by atoms with Crippen LogP contribution in [0.5, 0.6) is 5.75 Å². The van der Waals surface area contributed by atoms with Gasteiger partial charge >= 0.3 is 0 Å². The number of hydrogen-bond acceptors (Lipinski definition) is 3. The minimum Gasteiger partial charge on any atom is -0.496 e. The van der Waals surface area contributed by atoms with Crippen LogP contribution in [0.3, 0.4) is 0 Å². The lowest BCUT2D eigenvalue weighted by Crippen LogP contribution is -2.39. The number of nitrogens with one attached hydrogen (secondary N) is 2. The zero-order valence-electron chi connectivity index (χ0n) is 17.6. The molecule has 1 aliphatic rings. The van der Waals surface area contributed by atoms with Crippen molar-refractivity contribution in [3.05, 3.63) is 65.7 Å². The first kappa shape index (κ1) is 21.2. The van der Waals surface area contributed by atoms with Crippen LogP contribution >= 0.6 is 0 Å². The van der Waals surface area contributed by atoms with Crippen LogP contribution in [0.1, 0.15) is 37.0 Å². The molecule has 2 aromatic carbocycles. The largest absolute Gasteiger partial charge is 0.496 e. The van der Waals surface area contributed by atoms with Crippen molar-refractivity contribution in [3.63, 3.8) is 0 Å². The van der Waals surface area contributed by atoms with Crippen LogP contribution in [-0.2, 0) is 11.2 Å². The Morgan fingerprint density at radius 1 is 1.10 bits per heavy atom. The van der Waals surface area contributed by atoms with Crippen LogP contribution in [-0.4, -0.2) is 39.3 Å². The predicted octanol–water partition coefficient (Wildman–Crippen LogP) is 3.96. The Balaban J connectivity index is 1.59. The van der Waals surface area contributed by atoms with Crippen LogP contribution in [0.15, 0.2) is 59.6 Å². The van der Waals surface area contributed by atoms with Crippen molar-refractivity contribution in [2.75, 3.05) is 33.4 Å². The third-order valence-electron chi connectivity index (χ3n) is 5.28. The van der Waals surface area contributed by atoms with E-state index in [1.165, 1.54) is 11.1 Å². The summed E-state index contributed by atoms with van der Waals surface area (Å²) in [5.74, 6) is 2.19. The van der Waals surface area contributed by atoms with Crippen molar-refractivity contribution in [3.8, 4) is 5.75 Å². The molecule has 1 aliphatic heterocycles. The van der Waals surface area contributed by atoms with Gasteiger partial charge in [0.1, 0.15) is 5.75 Å². The first-order chi connectivity index (χ1) is 14.3. The minimum absolute atomic E-state index is 0.130. The highest BCUT2D eigenvalue weighted by atomic mass is 16.5. The number of rotatable bonds is 8. The Morgan fingerprint density at radius 2 is 1.90 bits per heavy atom. The lowest BCUT2D eigenvalue weighted by Gasteiger charge is -2.31. The average Bonchev–Trinajstić information content (AvgIpc) is 2.78. The fourth-order valence-electron chi connectivity index (χ4n) is 3.82. The first-order valence-electron chi connectivity index (χ1n) is 10.6. The molecule has 0 saturated carbocycles. The second kappa shape index (κ2) is 11.5. The molecule has 2 unspecified atom stereocenters. The van der Waals surface area contributed by atoms with Gasteiger partial charge in [-0.2, -0.15) is 0 Å². The standard InChI is InChI=1S/C24H33N3O2/c1-3-25-24(26-16-15-19-10-7-8-14-22(19)28-2)27-18-21-13-9-17-29-23(21)20-11-5-4-6-12-20/h4-8,10-12,14,21,23H,3,9,13,15-18H2,1-2H3,(H2,25,26,27). The molecule has 0 spiro atoms. The van der Waals surface area contributed by atoms with Crippen LogP contribution in [0.25, 0.3) is 0 Å². The van der Waals surface area contributed by atoms with Crippen molar-refractivity contribution in [1.29, 1.82) is 0 Å². The van der Waals surface area contributed by atoms with Crippen molar-refractivity contribution >= 4 is 5.96 Å². The number of guanidine groups is 1. The molecule has 5 heteroatoms. The number of aliphatic imine (C=N–C) groups is 1. The molecule has 0 aliphatic carbocycles. The summed E-state index contributed by atoms with van der Waals surface area (Å²) in [4.78, 5) is 4.87. The van der Waals surface area contributed by atoms with Gasteiger partial charge in [0.25, 0.3) is 0 Å². The molecular weight excluding hydrogens is 362 g/mol. The monoisotopic (exact) mass is 395 g/mol. The van der Waals surface area contributed by atoms with Crippen LogP contribution in [0.2, 0.25) is 0 Å². The highest BCUT2D eigenvalue weighted by Gasteiger charge is 2.27. The van der Waals surface area contributed by atoms with Gasteiger partial charge in [0.05, 0.1) is 13.2 Å². The molecule has 0 amide bonds. The summed E-state index contributed by atoms with van der Waals surface area (Å²) in [7, 11) is 1.72. The first-order valence-corrected chi connectivity index (χ1v) is 10.6. The maximum Gasteiger partial charge on any atom is 0.191 e. The average molecular weight is 396 g/mol. The third-order valence-corrected chi connectivity index (χ3v) is 5.28. The van der Waals surface area contributed by atoms with Gasteiger partial charge in [-0.1, -0.05) is 48.5 Å². The molecule has 1 heterocycles. The van der Waals surface area contributed by atoms with E-state index in [9.17, 15) is 0 Å². The van der Waals surface area contributed by atoms with Crippen molar-refractivity contribution < 1.29 is 9.47 Å². The Labute approximate surface area is 174 Å². The minimum atomic E-state index is 0.130. The summed E-state index contributed by atoms with van der Waals surface area (Å²) in [6.07, 6.45) is 3.25. The number of methoxy groups -OCH3 is 1. The molecule has 156 valence electrons. The number of benzene rings is 2. The molecule has 0 aromatic heterocycles. The van der Waals surface area contributed by atoms with E-state index in [1.807, 2.05) is 18.2 Å². The Morgan fingerprint density at radius 3 is 2.69 bits per heavy atom. The number of para-hydroxylation sites is 1. The van der Waals surface area contributed by atoms with Gasteiger partial charge in [-0.3, -0.25) is 4.99 Å². The van der Waals surface area contributed by atoms with E-state index in [1.54, 1.807) is 7.11 Å². The third kappa shape index (κ3) is 6.23. The van der Waals surface area contributed by atoms with Crippen molar-refractivity contribution in [2.24, 2.45) is 10.9 Å². The van der Waals surface area contributed by atoms with Gasteiger partial charge in [-0.05, 0) is 43.4 Å². The fourth-order valence-corrected chi connectivity index (χ4v) is 3.82. The lowest BCUT2D eigenvalue weighted by atomic mass is 9.89. The van der Waals surface area contributed by atoms with Gasteiger partial charge in [0.15, 0.2) is 5.96 Å². The summed E-state index contributed by atoms with van der Waals surface area (Å²) in [6, 6.07) is 18.7. The molecule has 2 atom stereocenters. The molecule has 29 heavy (non-hydrogen) atoms. The number of nitrogens with zero attached hydrogens (tertiary/aromatic N) is 1. The quantitative estimate of drug-likeness (QED) is 0.525. The molecular formula is C24H33N3O2. The van der Waals surface area contributed by atoms with E-state index >= 15 is 0 Å². The van der Waals surface area contributed by atoms with Gasteiger partial charge in [-0.25, -0.2) is 0 Å². The zero-order valence-corrected chi connectivity index (χ0v) is 17.6. The van der Waals surface area contributed by atoms with E-state index in [-0.39, 0.29) is 6.10 Å². The Kier molecular flexibility index (Phi) is 8.38. The normalized spacial score (nSPS) is 19.6. The van der Waals surface area contributed by atoms with Gasteiger partial charge in [0, 0.05) is 32.2 Å². The van der Waals surface area contributed by atoms with Crippen molar-refractivity contribution in [2.45, 2.75) is 32.3 Å². The van der Waals surface area contributed by atoms with E-state index < -0.39 is 0 Å². The molecule has 1 fully saturated rings. The van der Waals surface area contributed by atoms with Crippen LogP contribution < -0.4 is 15.4 Å². The second-order valence-corrected chi connectivity index (χ2v) is 7.31. The molecule has 0 bridgehead atoms. The lowest BCUT2D eigenvalue weighted by molar-refractivity contribution is -0.0250. The van der Waals surface area contributed by atoms with Crippen LogP contribution in [0.4, 0.5) is 0 Å². The van der Waals surface area contributed by atoms with Gasteiger partial charge in [-0.15, -0.1) is 0 Å². The SMILES string of the molecule is CCNC(=NCC1CCCOC1c1ccccc1)NCCc1ccccc1OC. The Bertz CT molecular complexity index is 764. The molecule has 0 radical (unpaired) electrons. The molecule has 2 N–H and O–H groups in total. The summed E-state index contributed by atoms with van der Waals surface area (Å²) in [6.45, 7) is 5.31. The van der Waals surface area contributed by atoms with Gasteiger partial charge in [0.2, 0.25) is 0 Å². The molecule has 1 saturated heterocycles.